The van der Waals surface area contributed by atoms with Crippen LogP contribution < -0.4 is 4.74 Å². The fraction of sp³-hybridized carbons (Fsp3) is 0.650. The number of amides is 1. The molecule has 2 saturated heterocycles. The fourth-order valence-electron chi connectivity index (χ4n) is 4.30. The summed E-state index contributed by atoms with van der Waals surface area (Å²) in [5.74, 6) is 0.885. The standard InChI is InChI=1S/C20H30N2O3/c1-3-13-25-17-7-5-16(6-8-17)19(24)22-12-10-20(15-23)9-4-11-21(2)18(20)14-22/h5-8,18,23H,3-4,9-15H2,1-2H3/t18-,20-/m1/s1. The molecule has 2 heterocycles. The number of ether oxygens (including phenoxy) is 1. The zero-order chi connectivity index (χ0) is 17.9. The molecule has 1 N–H and O–H groups in total. The summed E-state index contributed by atoms with van der Waals surface area (Å²) in [4.78, 5) is 17.2. The van der Waals surface area contributed by atoms with Gasteiger partial charge in [-0.1, -0.05) is 6.92 Å². The third-order valence-corrected chi connectivity index (χ3v) is 5.87. The van der Waals surface area contributed by atoms with E-state index in [0.717, 1.165) is 44.5 Å². The van der Waals surface area contributed by atoms with Crippen LogP contribution in [-0.4, -0.2) is 66.8 Å². The first kappa shape index (κ1) is 18.2. The van der Waals surface area contributed by atoms with Gasteiger partial charge in [0.2, 0.25) is 0 Å². The second-order valence-corrected chi connectivity index (χ2v) is 7.49. The van der Waals surface area contributed by atoms with E-state index in [2.05, 4.69) is 18.9 Å². The zero-order valence-electron chi connectivity index (χ0n) is 15.4. The van der Waals surface area contributed by atoms with Crippen LogP contribution in [0.2, 0.25) is 0 Å². The van der Waals surface area contributed by atoms with Crippen LogP contribution in [0.5, 0.6) is 5.75 Å². The van der Waals surface area contributed by atoms with E-state index in [-0.39, 0.29) is 24.0 Å². The Kier molecular flexibility index (Phi) is 5.64. The van der Waals surface area contributed by atoms with E-state index in [0.29, 0.717) is 18.7 Å². The van der Waals surface area contributed by atoms with Crippen LogP contribution in [0, 0.1) is 5.41 Å². The largest absolute Gasteiger partial charge is 0.494 e. The third kappa shape index (κ3) is 3.67. The van der Waals surface area contributed by atoms with E-state index in [9.17, 15) is 9.90 Å². The van der Waals surface area contributed by atoms with Crippen LogP contribution in [0.25, 0.3) is 0 Å². The molecule has 0 saturated carbocycles. The van der Waals surface area contributed by atoms with Crippen LogP contribution in [0.3, 0.4) is 0 Å². The number of carbonyl (C=O) groups is 1. The van der Waals surface area contributed by atoms with Crippen LogP contribution in [0.4, 0.5) is 0 Å². The highest BCUT2D eigenvalue weighted by atomic mass is 16.5. The monoisotopic (exact) mass is 346 g/mol. The summed E-state index contributed by atoms with van der Waals surface area (Å²) in [6.07, 6.45) is 4.03. The topological polar surface area (TPSA) is 53.0 Å². The van der Waals surface area contributed by atoms with Crippen molar-refractivity contribution in [1.29, 1.82) is 0 Å². The van der Waals surface area contributed by atoms with Crippen molar-refractivity contribution in [3.05, 3.63) is 29.8 Å². The van der Waals surface area contributed by atoms with E-state index in [1.54, 1.807) is 0 Å². The molecule has 138 valence electrons. The van der Waals surface area contributed by atoms with E-state index >= 15 is 0 Å². The first-order valence-electron chi connectivity index (χ1n) is 9.43. The van der Waals surface area contributed by atoms with Gasteiger partial charge in [0.15, 0.2) is 0 Å². The van der Waals surface area contributed by atoms with E-state index in [1.807, 2.05) is 29.2 Å². The van der Waals surface area contributed by atoms with Gasteiger partial charge in [0.05, 0.1) is 13.2 Å². The molecule has 5 nitrogen and oxygen atoms in total. The summed E-state index contributed by atoms with van der Waals surface area (Å²) in [5.41, 5.74) is 0.667. The smallest absolute Gasteiger partial charge is 0.253 e. The quantitative estimate of drug-likeness (QED) is 0.889. The predicted octanol–water partition coefficient (Wildman–Crippen LogP) is 2.39. The highest BCUT2D eigenvalue weighted by Crippen LogP contribution is 2.41. The molecule has 0 aliphatic carbocycles. The minimum Gasteiger partial charge on any atom is -0.494 e. The summed E-state index contributed by atoms with van der Waals surface area (Å²) in [5, 5.41) is 9.99. The molecular formula is C20H30N2O3. The van der Waals surface area contributed by atoms with Gasteiger partial charge in [-0.3, -0.25) is 4.79 Å². The number of carbonyl (C=O) groups excluding carboxylic acids is 1. The maximum Gasteiger partial charge on any atom is 0.253 e. The number of nitrogens with zero attached hydrogens (tertiary/aromatic N) is 2. The summed E-state index contributed by atoms with van der Waals surface area (Å²) in [6, 6.07) is 7.70. The van der Waals surface area contributed by atoms with Gasteiger partial charge in [0, 0.05) is 30.1 Å². The number of hydrogen-bond donors (Lipinski definition) is 1. The molecule has 2 fully saturated rings. The molecule has 0 spiro atoms. The number of hydrogen-bond acceptors (Lipinski definition) is 4. The average molecular weight is 346 g/mol. The Balaban J connectivity index is 1.69. The minimum atomic E-state index is -0.0400. The molecular weight excluding hydrogens is 316 g/mol. The molecule has 2 aliphatic rings. The van der Waals surface area contributed by atoms with Crippen LogP contribution >= 0.6 is 0 Å². The van der Waals surface area contributed by atoms with Crippen LogP contribution in [0.15, 0.2) is 24.3 Å². The zero-order valence-corrected chi connectivity index (χ0v) is 15.4. The minimum absolute atomic E-state index is 0.0400. The molecule has 0 unspecified atom stereocenters. The lowest BCUT2D eigenvalue weighted by atomic mass is 9.69. The number of aliphatic hydroxyl groups excluding tert-OH is 1. The normalized spacial score (nSPS) is 27.0. The van der Waals surface area contributed by atoms with Gasteiger partial charge in [-0.15, -0.1) is 0 Å². The van der Waals surface area contributed by atoms with Crippen molar-refractivity contribution in [3.8, 4) is 5.75 Å². The Labute approximate surface area is 150 Å². The SMILES string of the molecule is CCCOc1ccc(C(=O)N2CC[C@@]3(CO)CCCN(C)[C@@H]3C2)cc1. The molecule has 0 bridgehead atoms. The first-order chi connectivity index (χ1) is 12.1. The van der Waals surface area contributed by atoms with E-state index in [4.69, 9.17) is 4.74 Å². The molecule has 2 atom stereocenters. The number of benzene rings is 1. The maximum atomic E-state index is 12.9. The van der Waals surface area contributed by atoms with Crippen molar-refractivity contribution in [3.63, 3.8) is 0 Å². The van der Waals surface area contributed by atoms with Crippen molar-refractivity contribution < 1.29 is 14.6 Å². The van der Waals surface area contributed by atoms with Gasteiger partial charge in [0.1, 0.15) is 5.75 Å². The van der Waals surface area contributed by atoms with Gasteiger partial charge in [-0.05, 0) is 63.5 Å². The van der Waals surface area contributed by atoms with Gasteiger partial charge < -0.3 is 19.6 Å². The van der Waals surface area contributed by atoms with Gasteiger partial charge in [0.25, 0.3) is 5.91 Å². The number of likely N-dealkylation sites (tertiary alicyclic amines) is 2. The summed E-state index contributed by atoms with van der Waals surface area (Å²) >= 11 is 0. The lowest BCUT2D eigenvalue weighted by Crippen LogP contribution is -2.62. The Morgan fingerprint density at radius 3 is 2.72 bits per heavy atom. The second kappa shape index (κ2) is 7.75. The summed E-state index contributed by atoms with van der Waals surface area (Å²) < 4.78 is 5.59. The molecule has 25 heavy (non-hydrogen) atoms. The number of piperidine rings is 2. The Morgan fingerprint density at radius 1 is 1.28 bits per heavy atom. The summed E-state index contributed by atoms with van der Waals surface area (Å²) in [7, 11) is 2.11. The van der Waals surface area contributed by atoms with Gasteiger partial charge >= 0.3 is 0 Å². The van der Waals surface area contributed by atoms with Crippen molar-refractivity contribution in [1.82, 2.24) is 9.80 Å². The third-order valence-electron chi connectivity index (χ3n) is 5.87. The Morgan fingerprint density at radius 2 is 2.04 bits per heavy atom. The fourth-order valence-corrected chi connectivity index (χ4v) is 4.30. The van der Waals surface area contributed by atoms with Crippen LogP contribution in [0.1, 0.15) is 43.0 Å². The second-order valence-electron chi connectivity index (χ2n) is 7.49. The van der Waals surface area contributed by atoms with Crippen molar-refractivity contribution in [2.24, 2.45) is 5.41 Å². The maximum absolute atomic E-state index is 12.9. The lowest BCUT2D eigenvalue weighted by Gasteiger charge is -2.53. The highest BCUT2D eigenvalue weighted by molar-refractivity contribution is 5.94. The van der Waals surface area contributed by atoms with Crippen molar-refractivity contribution in [2.45, 2.75) is 38.6 Å². The first-order valence-corrected chi connectivity index (χ1v) is 9.43. The highest BCUT2D eigenvalue weighted by Gasteiger charge is 2.47. The molecule has 0 aromatic heterocycles. The van der Waals surface area contributed by atoms with Gasteiger partial charge in [-0.2, -0.15) is 0 Å². The van der Waals surface area contributed by atoms with Crippen molar-refractivity contribution in [2.75, 3.05) is 39.9 Å². The number of rotatable bonds is 5. The Hall–Kier alpha value is -1.59. The van der Waals surface area contributed by atoms with Crippen LogP contribution in [-0.2, 0) is 0 Å². The van der Waals surface area contributed by atoms with Crippen molar-refractivity contribution >= 4 is 5.91 Å². The molecule has 5 heteroatoms. The number of likely N-dealkylation sites (N-methyl/N-ethyl adjacent to an activating group) is 1. The summed E-state index contributed by atoms with van der Waals surface area (Å²) in [6.45, 7) is 5.44. The molecule has 3 rings (SSSR count). The number of aliphatic hydroxyl groups is 1. The molecule has 2 aliphatic heterocycles. The molecule has 0 radical (unpaired) electrons. The molecule has 1 aromatic carbocycles. The predicted molar refractivity (Wildman–Crippen MR) is 97.9 cm³/mol. The van der Waals surface area contributed by atoms with E-state index < -0.39 is 0 Å². The lowest BCUT2D eigenvalue weighted by molar-refractivity contribution is -0.0601. The van der Waals surface area contributed by atoms with Gasteiger partial charge in [-0.25, -0.2) is 0 Å². The average Bonchev–Trinajstić information content (AvgIpc) is 2.66. The Bertz CT molecular complexity index is 589. The van der Waals surface area contributed by atoms with E-state index in [1.165, 1.54) is 0 Å². The number of fused-ring (bicyclic) bond motifs is 1. The molecule has 1 amide bonds. The molecule has 1 aromatic rings.